The highest BCUT2D eigenvalue weighted by molar-refractivity contribution is 6.74. The van der Waals surface area contributed by atoms with Crippen molar-refractivity contribution in [1.82, 2.24) is 0 Å². The van der Waals surface area contributed by atoms with Gasteiger partial charge in [0.1, 0.15) is 0 Å². The molecule has 0 aromatic rings. The highest BCUT2D eigenvalue weighted by Crippen LogP contribution is 2.36. The quantitative estimate of drug-likeness (QED) is 0.377. The van der Waals surface area contributed by atoms with Crippen LogP contribution >= 0.6 is 0 Å². The first-order chi connectivity index (χ1) is 7.96. The Bertz CT molecular complexity index is 294. The van der Waals surface area contributed by atoms with Crippen LogP contribution < -0.4 is 0 Å². The maximum atomic E-state index is 6.13. The lowest BCUT2D eigenvalue weighted by Crippen LogP contribution is -2.40. The van der Waals surface area contributed by atoms with Crippen LogP contribution in [0, 0.1) is 17.3 Å². The molecule has 0 aliphatic carbocycles. The lowest BCUT2D eigenvalue weighted by molar-refractivity contribution is 0.280. The van der Waals surface area contributed by atoms with Crippen molar-refractivity contribution in [3.63, 3.8) is 0 Å². The van der Waals surface area contributed by atoms with E-state index in [2.05, 4.69) is 66.5 Å². The van der Waals surface area contributed by atoms with Crippen LogP contribution in [0.3, 0.4) is 0 Å². The fourth-order valence-electron chi connectivity index (χ4n) is 1.19. The van der Waals surface area contributed by atoms with Crippen molar-refractivity contribution in [1.29, 1.82) is 0 Å². The Morgan fingerprint density at radius 2 is 1.50 bits per heavy atom. The predicted molar refractivity (Wildman–Crippen MR) is 84.2 cm³/mol. The molecule has 0 aliphatic rings. The van der Waals surface area contributed by atoms with E-state index in [1.807, 2.05) is 0 Å². The SMILES string of the molecule is CC(C)(C)C#CCCCCO[Si](C)(C)C(C)(C)C. The Hall–Kier alpha value is -0.263. The molecule has 0 unspecified atom stereocenters. The van der Waals surface area contributed by atoms with Gasteiger partial charge in [-0.3, -0.25) is 0 Å². The van der Waals surface area contributed by atoms with E-state index in [1.165, 1.54) is 0 Å². The third-order valence-corrected chi connectivity index (χ3v) is 7.97. The molecule has 0 aliphatic heterocycles. The van der Waals surface area contributed by atoms with Gasteiger partial charge in [0.05, 0.1) is 0 Å². The van der Waals surface area contributed by atoms with Crippen molar-refractivity contribution in [2.75, 3.05) is 6.61 Å². The van der Waals surface area contributed by atoms with E-state index in [9.17, 15) is 0 Å². The van der Waals surface area contributed by atoms with Gasteiger partial charge in [0, 0.05) is 18.4 Å². The zero-order valence-corrected chi connectivity index (χ0v) is 14.7. The van der Waals surface area contributed by atoms with E-state index in [-0.39, 0.29) is 5.41 Å². The maximum Gasteiger partial charge on any atom is 0.191 e. The van der Waals surface area contributed by atoms with E-state index >= 15 is 0 Å². The summed E-state index contributed by atoms with van der Waals surface area (Å²) < 4.78 is 6.13. The van der Waals surface area contributed by atoms with Gasteiger partial charge in [0.25, 0.3) is 0 Å². The third-order valence-electron chi connectivity index (χ3n) is 3.43. The number of hydrogen-bond acceptors (Lipinski definition) is 1. The molecule has 0 aromatic carbocycles. The predicted octanol–water partition coefficient (Wildman–Crippen LogP) is 5.23. The van der Waals surface area contributed by atoms with Crippen LogP contribution in [0.1, 0.15) is 60.8 Å². The molecule has 0 heterocycles. The largest absolute Gasteiger partial charge is 0.417 e. The van der Waals surface area contributed by atoms with Gasteiger partial charge in [-0.15, -0.1) is 5.92 Å². The van der Waals surface area contributed by atoms with Gasteiger partial charge < -0.3 is 4.43 Å². The van der Waals surface area contributed by atoms with Gasteiger partial charge in [-0.1, -0.05) is 26.7 Å². The van der Waals surface area contributed by atoms with Crippen molar-refractivity contribution in [3.8, 4) is 11.8 Å². The lowest BCUT2D eigenvalue weighted by atomic mass is 9.98. The first kappa shape index (κ1) is 17.7. The van der Waals surface area contributed by atoms with Gasteiger partial charge in [0.15, 0.2) is 8.32 Å². The van der Waals surface area contributed by atoms with Crippen LogP contribution in [0.2, 0.25) is 18.1 Å². The second kappa shape index (κ2) is 6.77. The van der Waals surface area contributed by atoms with Gasteiger partial charge in [-0.05, 0) is 51.7 Å². The standard InChI is InChI=1S/C16H32OSi/c1-15(2,3)13-11-9-10-12-14-17-18(7,8)16(4,5)6/h9-10,12,14H2,1-8H3. The molecule has 0 N–H and O–H groups in total. The van der Waals surface area contributed by atoms with Crippen LogP contribution in [0.25, 0.3) is 0 Å². The summed E-state index contributed by atoms with van der Waals surface area (Å²) in [6.45, 7) is 18.8. The van der Waals surface area contributed by atoms with Crippen LogP contribution in [0.5, 0.6) is 0 Å². The Morgan fingerprint density at radius 1 is 0.944 bits per heavy atom. The second-order valence-electron chi connectivity index (χ2n) is 7.62. The average molecular weight is 269 g/mol. The van der Waals surface area contributed by atoms with Crippen LogP contribution in [-0.4, -0.2) is 14.9 Å². The van der Waals surface area contributed by atoms with Gasteiger partial charge in [-0.25, -0.2) is 0 Å². The van der Waals surface area contributed by atoms with Crippen LogP contribution in [0.15, 0.2) is 0 Å². The molecule has 0 spiro atoms. The van der Waals surface area contributed by atoms with Gasteiger partial charge in [-0.2, -0.15) is 0 Å². The molecule has 0 atom stereocenters. The summed E-state index contributed by atoms with van der Waals surface area (Å²) in [6, 6.07) is 0. The van der Waals surface area contributed by atoms with Crippen LogP contribution in [-0.2, 0) is 4.43 Å². The fraction of sp³-hybridized carbons (Fsp3) is 0.875. The van der Waals surface area contributed by atoms with E-state index in [0.717, 1.165) is 25.9 Å². The molecular weight excluding hydrogens is 236 g/mol. The minimum absolute atomic E-state index is 0.137. The Balaban J connectivity index is 3.79. The Morgan fingerprint density at radius 3 is 1.94 bits per heavy atom. The fourth-order valence-corrected chi connectivity index (χ4v) is 2.27. The molecule has 0 rings (SSSR count). The second-order valence-corrected chi connectivity index (χ2v) is 12.4. The van der Waals surface area contributed by atoms with Gasteiger partial charge >= 0.3 is 0 Å². The molecule has 0 aromatic heterocycles. The van der Waals surface area contributed by atoms with Gasteiger partial charge in [0.2, 0.25) is 0 Å². The van der Waals surface area contributed by atoms with Crippen molar-refractivity contribution < 1.29 is 4.43 Å². The number of unbranched alkanes of at least 4 members (excludes halogenated alkanes) is 2. The molecule has 0 amide bonds. The Labute approximate surface area is 116 Å². The first-order valence-corrected chi connectivity index (χ1v) is 10.0. The molecule has 1 nitrogen and oxygen atoms in total. The summed E-state index contributed by atoms with van der Waals surface area (Å²) in [5.74, 6) is 6.53. The molecule has 2 heteroatoms. The molecule has 106 valence electrons. The normalized spacial score (nSPS) is 13.1. The summed E-state index contributed by atoms with van der Waals surface area (Å²) >= 11 is 0. The minimum Gasteiger partial charge on any atom is -0.417 e. The summed E-state index contributed by atoms with van der Waals surface area (Å²) in [7, 11) is -1.54. The van der Waals surface area contributed by atoms with Crippen molar-refractivity contribution in [3.05, 3.63) is 0 Å². The lowest BCUT2D eigenvalue weighted by Gasteiger charge is -2.36. The van der Waals surface area contributed by atoms with Crippen LogP contribution in [0.4, 0.5) is 0 Å². The maximum absolute atomic E-state index is 6.13. The average Bonchev–Trinajstić information content (AvgIpc) is 2.12. The van der Waals surface area contributed by atoms with Crippen molar-refractivity contribution in [2.24, 2.45) is 5.41 Å². The molecular formula is C16H32OSi. The minimum atomic E-state index is -1.54. The molecule has 18 heavy (non-hydrogen) atoms. The van der Waals surface area contributed by atoms with Crippen molar-refractivity contribution >= 4 is 8.32 Å². The smallest absolute Gasteiger partial charge is 0.191 e. The Kier molecular flexibility index (Phi) is 6.67. The zero-order chi connectivity index (χ0) is 14.4. The molecule has 0 fully saturated rings. The highest BCUT2D eigenvalue weighted by Gasteiger charge is 2.36. The summed E-state index contributed by atoms with van der Waals surface area (Å²) in [6.07, 6.45) is 3.28. The molecule has 0 saturated carbocycles. The highest BCUT2D eigenvalue weighted by atomic mass is 28.4. The van der Waals surface area contributed by atoms with Crippen molar-refractivity contribution in [2.45, 2.75) is 78.9 Å². The molecule has 0 radical (unpaired) electrons. The van der Waals surface area contributed by atoms with E-state index in [0.29, 0.717) is 5.04 Å². The summed E-state index contributed by atoms with van der Waals surface area (Å²) in [4.78, 5) is 0. The number of hydrogen-bond donors (Lipinski definition) is 0. The summed E-state index contributed by atoms with van der Waals surface area (Å²) in [5, 5.41) is 0.318. The van der Waals surface area contributed by atoms with E-state index in [1.54, 1.807) is 0 Å². The topological polar surface area (TPSA) is 9.23 Å². The molecule has 0 saturated heterocycles. The van der Waals surface area contributed by atoms with E-state index < -0.39 is 8.32 Å². The third kappa shape index (κ3) is 7.95. The summed E-state index contributed by atoms with van der Waals surface area (Å²) in [5.41, 5.74) is 0.137. The molecule has 0 bridgehead atoms. The first-order valence-electron chi connectivity index (χ1n) is 7.10. The monoisotopic (exact) mass is 268 g/mol. The zero-order valence-electron chi connectivity index (χ0n) is 13.7. The number of rotatable bonds is 5. The van der Waals surface area contributed by atoms with E-state index in [4.69, 9.17) is 4.43 Å².